The van der Waals surface area contributed by atoms with Crippen molar-refractivity contribution in [2.24, 2.45) is 17.8 Å². The lowest BCUT2D eigenvalue weighted by molar-refractivity contribution is 0.294. The largest absolute Gasteiger partial charge is 0.380 e. The number of nitrogen functional groups attached to an aromatic ring is 1. The van der Waals surface area contributed by atoms with Gasteiger partial charge < -0.3 is 10.3 Å². The minimum absolute atomic E-state index is 0.468. The molecule has 2 saturated carbocycles. The van der Waals surface area contributed by atoms with Crippen molar-refractivity contribution in [1.82, 2.24) is 5.16 Å². The van der Waals surface area contributed by atoms with Gasteiger partial charge in [-0.2, -0.15) is 0 Å². The fourth-order valence-corrected chi connectivity index (χ4v) is 4.49. The maximum atomic E-state index is 6.10. The summed E-state index contributed by atoms with van der Waals surface area (Å²) in [6.07, 6.45) is 6.49. The number of nitrogens with zero attached hydrogens (tertiary/aromatic N) is 1. The highest BCUT2D eigenvalue weighted by Crippen LogP contribution is 2.50. The van der Waals surface area contributed by atoms with Crippen molar-refractivity contribution in [2.75, 3.05) is 5.73 Å². The number of hydrogen-bond donors (Lipinski definition) is 1. The Labute approximate surface area is 129 Å². The Bertz CT molecular complexity index is 667. The van der Waals surface area contributed by atoms with Crippen LogP contribution in [0.5, 0.6) is 0 Å². The smallest absolute Gasteiger partial charge is 0.175 e. The number of nitrogens with two attached hydrogens (primary N) is 1. The molecule has 2 aromatic rings. The summed E-state index contributed by atoms with van der Waals surface area (Å²) in [5.74, 6) is 3.93. The molecule has 3 unspecified atom stereocenters. The van der Waals surface area contributed by atoms with Gasteiger partial charge in [-0.15, -0.1) is 0 Å². The van der Waals surface area contributed by atoms with E-state index in [0.717, 1.165) is 41.1 Å². The average Bonchev–Trinajstić information content (AvgIpc) is 3.15. The maximum Gasteiger partial charge on any atom is 0.175 e. The van der Waals surface area contributed by atoms with Crippen molar-refractivity contribution in [3.63, 3.8) is 0 Å². The van der Waals surface area contributed by atoms with E-state index in [2.05, 4.69) is 5.16 Å². The predicted octanol–water partition coefficient (Wildman–Crippen LogP) is 4.56. The summed E-state index contributed by atoms with van der Waals surface area (Å²) < 4.78 is 5.54. The Hall–Kier alpha value is -1.48. The number of halogens is 1. The van der Waals surface area contributed by atoms with Gasteiger partial charge in [-0.25, -0.2) is 0 Å². The fourth-order valence-electron chi connectivity index (χ4n) is 4.30. The van der Waals surface area contributed by atoms with Gasteiger partial charge in [0.2, 0.25) is 0 Å². The van der Waals surface area contributed by atoms with Crippen LogP contribution in [0.2, 0.25) is 5.02 Å². The van der Waals surface area contributed by atoms with E-state index in [0.29, 0.717) is 10.8 Å². The minimum Gasteiger partial charge on any atom is -0.380 e. The first-order valence-corrected chi connectivity index (χ1v) is 8.08. The molecule has 3 nitrogen and oxygen atoms in total. The van der Waals surface area contributed by atoms with Crippen LogP contribution in [-0.2, 0) is 6.42 Å². The number of anilines is 1. The third-order valence-corrected chi connectivity index (χ3v) is 5.47. The van der Waals surface area contributed by atoms with Gasteiger partial charge in [0, 0.05) is 11.4 Å². The molecule has 3 atom stereocenters. The van der Waals surface area contributed by atoms with Crippen LogP contribution in [0.4, 0.5) is 5.82 Å². The second-order valence-electron chi connectivity index (χ2n) is 6.52. The molecule has 2 N–H and O–H groups in total. The van der Waals surface area contributed by atoms with Gasteiger partial charge in [0.25, 0.3) is 0 Å². The van der Waals surface area contributed by atoms with Crippen molar-refractivity contribution in [1.29, 1.82) is 0 Å². The van der Waals surface area contributed by atoms with Crippen LogP contribution in [0.1, 0.15) is 31.4 Å². The van der Waals surface area contributed by atoms with Crippen molar-refractivity contribution >= 4 is 17.4 Å². The summed E-state index contributed by atoms with van der Waals surface area (Å²) in [6, 6.07) is 7.74. The van der Waals surface area contributed by atoms with E-state index in [4.69, 9.17) is 21.9 Å². The second-order valence-corrected chi connectivity index (χ2v) is 6.95. The predicted molar refractivity (Wildman–Crippen MR) is 84.0 cm³/mol. The number of rotatable bonds is 3. The molecule has 1 heterocycles. The third-order valence-electron chi connectivity index (χ3n) is 5.23. The fraction of sp³-hybridized carbons (Fsp3) is 0.471. The van der Waals surface area contributed by atoms with Crippen LogP contribution >= 0.6 is 11.6 Å². The molecule has 1 aromatic carbocycles. The zero-order valence-corrected chi connectivity index (χ0v) is 12.6. The molecule has 110 valence electrons. The lowest BCUT2D eigenvalue weighted by Gasteiger charge is -2.20. The topological polar surface area (TPSA) is 52.0 Å². The molecule has 0 radical (unpaired) electrons. The first-order valence-electron chi connectivity index (χ1n) is 7.70. The Kier molecular flexibility index (Phi) is 3.18. The van der Waals surface area contributed by atoms with Crippen LogP contribution < -0.4 is 5.73 Å². The van der Waals surface area contributed by atoms with E-state index < -0.39 is 0 Å². The van der Waals surface area contributed by atoms with Crippen LogP contribution in [0, 0.1) is 17.8 Å². The van der Waals surface area contributed by atoms with E-state index in [9.17, 15) is 0 Å². The molecule has 2 aliphatic carbocycles. The summed E-state index contributed by atoms with van der Waals surface area (Å²) in [7, 11) is 0. The van der Waals surface area contributed by atoms with E-state index in [1.165, 1.54) is 25.7 Å². The quantitative estimate of drug-likeness (QED) is 0.904. The Morgan fingerprint density at radius 1 is 1.29 bits per heavy atom. The maximum absolute atomic E-state index is 6.10. The summed E-state index contributed by atoms with van der Waals surface area (Å²) >= 11 is 6.10. The Morgan fingerprint density at radius 2 is 2.19 bits per heavy atom. The number of aromatic nitrogens is 1. The average molecular weight is 303 g/mol. The third kappa shape index (κ3) is 2.34. The molecule has 2 fully saturated rings. The molecule has 4 rings (SSSR count). The van der Waals surface area contributed by atoms with Crippen LogP contribution in [0.25, 0.3) is 11.1 Å². The summed E-state index contributed by atoms with van der Waals surface area (Å²) in [5.41, 5.74) is 7.96. The van der Waals surface area contributed by atoms with Crippen LogP contribution in [-0.4, -0.2) is 5.16 Å². The van der Waals surface area contributed by atoms with Crippen molar-refractivity contribution in [3.05, 3.63) is 35.0 Å². The van der Waals surface area contributed by atoms with Gasteiger partial charge in [0.1, 0.15) is 5.76 Å². The van der Waals surface area contributed by atoms with Gasteiger partial charge in [-0.1, -0.05) is 35.3 Å². The zero-order chi connectivity index (χ0) is 14.4. The zero-order valence-electron chi connectivity index (χ0n) is 11.9. The SMILES string of the molecule is Nc1noc(CC2CC3CCC2C3)c1-c1cccc(Cl)c1. The van der Waals surface area contributed by atoms with Crippen molar-refractivity contribution < 1.29 is 4.52 Å². The standard InChI is InChI=1S/C17H19ClN2O/c18-14-3-1-2-12(8-14)16-15(21-20-17(16)19)9-13-7-10-4-5-11(13)6-10/h1-3,8,10-11,13H,4-7,9H2,(H2,19,20). The molecule has 1 aromatic heterocycles. The molecule has 0 aliphatic heterocycles. The first-order chi connectivity index (χ1) is 10.2. The van der Waals surface area contributed by atoms with Gasteiger partial charge in [0.15, 0.2) is 5.82 Å². The van der Waals surface area contributed by atoms with Crippen molar-refractivity contribution in [3.8, 4) is 11.1 Å². The molecular formula is C17H19ClN2O. The van der Waals surface area contributed by atoms with E-state index in [-0.39, 0.29) is 0 Å². The van der Waals surface area contributed by atoms with Gasteiger partial charge in [0.05, 0.1) is 5.56 Å². The lowest BCUT2D eigenvalue weighted by Crippen LogP contribution is -2.13. The lowest BCUT2D eigenvalue weighted by atomic mass is 9.85. The second kappa shape index (κ2) is 5.06. The Balaban J connectivity index is 1.64. The molecule has 0 spiro atoms. The normalized spacial score (nSPS) is 27.4. The van der Waals surface area contributed by atoms with Crippen LogP contribution in [0.15, 0.2) is 28.8 Å². The summed E-state index contributed by atoms with van der Waals surface area (Å²) in [4.78, 5) is 0. The molecule has 4 heteroatoms. The monoisotopic (exact) mass is 302 g/mol. The molecular weight excluding hydrogens is 284 g/mol. The number of hydrogen-bond acceptors (Lipinski definition) is 3. The molecule has 2 bridgehead atoms. The van der Waals surface area contributed by atoms with Gasteiger partial charge >= 0.3 is 0 Å². The minimum atomic E-state index is 0.468. The molecule has 0 saturated heterocycles. The van der Waals surface area contributed by atoms with Crippen molar-refractivity contribution in [2.45, 2.75) is 32.1 Å². The van der Waals surface area contributed by atoms with Gasteiger partial charge in [-0.05, 0) is 54.7 Å². The number of fused-ring (bicyclic) bond motifs is 2. The molecule has 21 heavy (non-hydrogen) atoms. The first kappa shape index (κ1) is 13.2. The number of benzene rings is 1. The highest BCUT2D eigenvalue weighted by molar-refractivity contribution is 6.30. The summed E-state index contributed by atoms with van der Waals surface area (Å²) in [5, 5.41) is 4.69. The Morgan fingerprint density at radius 3 is 2.90 bits per heavy atom. The van der Waals surface area contributed by atoms with Crippen LogP contribution in [0.3, 0.4) is 0 Å². The highest BCUT2D eigenvalue weighted by Gasteiger charge is 2.40. The van der Waals surface area contributed by atoms with E-state index >= 15 is 0 Å². The highest BCUT2D eigenvalue weighted by atomic mass is 35.5. The van der Waals surface area contributed by atoms with Gasteiger partial charge in [-0.3, -0.25) is 0 Å². The van der Waals surface area contributed by atoms with E-state index in [1.807, 2.05) is 24.3 Å². The van der Waals surface area contributed by atoms with E-state index in [1.54, 1.807) is 0 Å². The molecule has 0 amide bonds. The summed E-state index contributed by atoms with van der Waals surface area (Å²) in [6.45, 7) is 0. The molecule has 2 aliphatic rings.